The van der Waals surface area contributed by atoms with Gasteiger partial charge in [-0.05, 0) is 44.9 Å². The lowest BCUT2D eigenvalue weighted by Crippen LogP contribution is -2.39. The van der Waals surface area contributed by atoms with Crippen molar-refractivity contribution in [2.24, 2.45) is 0 Å². The first-order valence-electron chi connectivity index (χ1n) is 6.29. The Labute approximate surface area is 109 Å². The number of carbonyl (C=O) groups is 1. The molecule has 0 unspecified atom stereocenters. The van der Waals surface area contributed by atoms with Crippen molar-refractivity contribution >= 4 is 11.9 Å². The van der Waals surface area contributed by atoms with Crippen molar-refractivity contribution < 1.29 is 9.53 Å². The van der Waals surface area contributed by atoms with E-state index in [4.69, 9.17) is 4.74 Å². The molecular formula is C16H20O2. The minimum absolute atomic E-state index is 0.205. The summed E-state index contributed by atoms with van der Waals surface area (Å²) in [4.78, 5) is 11.1. The summed E-state index contributed by atoms with van der Waals surface area (Å²) in [6.45, 7) is 8.28. The first-order chi connectivity index (χ1) is 8.33. The topological polar surface area (TPSA) is 26.3 Å². The van der Waals surface area contributed by atoms with Crippen molar-refractivity contribution in [3.05, 3.63) is 41.5 Å². The zero-order chi connectivity index (χ0) is 13.4. The maximum atomic E-state index is 11.1. The Hall–Kier alpha value is -1.41. The van der Waals surface area contributed by atoms with Crippen LogP contribution in [0.5, 0.6) is 0 Å². The van der Waals surface area contributed by atoms with Gasteiger partial charge in [0.05, 0.1) is 11.2 Å². The van der Waals surface area contributed by atoms with Crippen LogP contribution in [-0.4, -0.2) is 17.5 Å². The molecule has 2 rings (SSSR count). The third-order valence-corrected chi connectivity index (χ3v) is 3.11. The van der Waals surface area contributed by atoms with Crippen LogP contribution in [0.2, 0.25) is 0 Å². The van der Waals surface area contributed by atoms with Gasteiger partial charge in [-0.3, -0.25) is 4.79 Å². The van der Waals surface area contributed by atoms with Gasteiger partial charge in [-0.15, -0.1) is 0 Å². The number of carbonyl (C=O) groups excluding carboxylic acids is 1. The normalized spacial score (nSPS) is 21.2. The van der Waals surface area contributed by atoms with E-state index in [-0.39, 0.29) is 11.2 Å². The molecule has 1 aromatic rings. The lowest BCUT2D eigenvalue weighted by atomic mass is 9.84. The molecule has 0 atom stereocenters. The largest absolute Gasteiger partial charge is 0.365 e. The number of rotatable bonds is 2. The highest BCUT2D eigenvalue weighted by Crippen LogP contribution is 2.38. The van der Waals surface area contributed by atoms with E-state index in [2.05, 4.69) is 33.8 Å². The van der Waals surface area contributed by atoms with E-state index in [0.717, 1.165) is 23.8 Å². The summed E-state index contributed by atoms with van der Waals surface area (Å²) in [7, 11) is 0. The number of ether oxygens (including phenoxy) is 1. The van der Waals surface area contributed by atoms with Gasteiger partial charge >= 0.3 is 0 Å². The van der Waals surface area contributed by atoms with Gasteiger partial charge in [0.15, 0.2) is 6.29 Å². The van der Waals surface area contributed by atoms with Gasteiger partial charge in [-0.25, -0.2) is 0 Å². The van der Waals surface area contributed by atoms with E-state index in [0.29, 0.717) is 0 Å². The molecule has 2 heteroatoms. The molecular weight excluding hydrogens is 224 g/mol. The molecule has 0 aliphatic carbocycles. The SMILES string of the molecule is CC1(C)C=C(c2ccccc2C=O)CC(C)(C)O1. The molecule has 1 heterocycles. The Balaban J connectivity index is 2.50. The average Bonchev–Trinajstić information content (AvgIpc) is 2.24. The lowest BCUT2D eigenvalue weighted by Gasteiger charge is -2.40. The molecule has 1 aliphatic rings. The summed E-state index contributed by atoms with van der Waals surface area (Å²) in [5.41, 5.74) is 2.46. The van der Waals surface area contributed by atoms with Gasteiger partial charge < -0.3 is 4.74 Å². The van der Waals surface area contributed by atoms with Crippen molar-refractivity contribution in [1.29, 1.82) is 0 Å². The highest BCUT2D eigenvalue weighted by atomic mass is 16.5. The van der Waals surface area contributed by atoms with E-state index in [1.807, 2.05) is 24.3 Å². The smallest absolute Gasteiger partial charge is 0.150 e. The van der Waals surface area contributed by atoms with Crippen LogP contribution in [0.1, 0.15) is 50.0 Å². The second kappa shape index (κ2) is 4.36. The quantitative estimate of drug-likeness (QED) is 0.738. The van der Waals surface area contributed by atoms with Crippen LogP contribution in [0.4, 0.5) is 0 Å². The van der Waals surface area contributed by atoms with Crippen LogP contribution in [0, 0.1) is 0 Å². The first-order valence-corrected chi connectivity index (χ1v) is 6.29. The third kappa shape index (κ3) is 2.70. The minimum atomic E-state index is -0.299. The van der Waals surface area contributed by atoms with Crippen molar-refractivity contribution in [3.8, 4) is 0 Å². The molecule has 0 aromatic heterocycles. The molecule has 0 bridgehead atoms. The molecule has 1 aromatic carbocycles. The maximum Gasteiger partial charge on any atom is 0.150 e. The van der Waals surface area contributed by atoms with Crippen molar-refractivity contribution in [1.82, 2.24) is 0 Å². The highest BCUT2D eigenvalue weighted by molar-refractivity contribution is 5.86. The van der Waals surface area contributed by atoms with E-state index in [1.165, 1.54) is 5.57 Å². The fraction of sp³-hybridized carbons (Fsp3) is 0.438. The molecule has 96 valence electrons. The molecule has 0 saturated carbocycles. The monoisotopic (exact) mass is 244 g/mol. The molecule has 1 aliphatic heterocycles. The molecule has 0 fully saturated rings. The average molecular weight is 244 g/mol. The summed E-state index contributed by atoms with van der Waals surface area (Å²) in [5, 5.41) is 0. The van der Waals surface area contributed by atoms with Crippen molar-refractivity contribution in [3.63, 3.8) is 0 Å². The molecule has 18 heavy (non-hydrogen) atoms. The minimum Gasteiger partial charge on any atom is -0.365 e. The first kappa shape index (κ1) is 13.0. The number of benzene rings is 1. The van der Waals surface area contributed by atoms with Gasteiger partial charge in [0.25, 0.3) is 0 Å². The van der Waals surface area contributed by atoms with E-state index >= 15 is 0 Å². The number of hydrogen-bond donors (Lipinski definition) is 0. The predicted molar refractivity (Wildman–Crippen MR) is 73.7 cm³/mol. The predicted octanol–water partition coefficient (Wildman–Crippen LogP) is 3.86. The summed E-state index contributed by atoms with van der Waals surface area (Å²) in [6.07, 6.45) is 3.87. The number of hydrogen-bond acceptors (Lipinski definition) is 2. The second-order valence-corrected chi connectivity index (χ2v) is 6.02. The van der Waals surface area contributed by atoms with Crippen molar-refractivity contribution in [2.45, 2.75) is 45.3 Å². The summed E-state index contributed by atoms with van der Waals surface area (Å²) >= 11 is 0. The molecule has 0 spiro atoms. The molecule has 0 saturated heterocycles. The Morgan fingerprint density at radius 1 is 1.17 bits per heavy atom. The van der Waals surface area contributed by atoms with Crippen LogP contribution in [0.3, 0.4) is 0 Å². The third-order valence-electron chi connectivity index (χ3n) is 3.11. The fourth-order valence-electron chi connectivity index (χ4n) is 2.77. The Morgan fingerprint density at radius 3 is 2.44 bits per heavy atom. The van der Waals surface area contributed by atoms with Gasteiger partial charge in [0.1, 0.15) is 0 Å². The standard InChI is InChI=1S/C16H20O2/c1-15(2)9-13(10-16(3,4)18-15)14-8-6-5-7-12(14)11-17/h5-9,11H,10H2,1-4H3. The lowest BCUT2D eigenvalue weighted by molar-refractivity contribution is -0.100. The van der Waals surface area contributed by atoms with Crippen LogP contribution in [0.25, 0.3) is 5.57 Å². The van der Waals surface area contributed by atoms with Gasteiger partial charge in [-0.2, -0.15) is 0 Å². The maximum absolute atomic E-state index is 11.1. The molecule has 0 radical (unpaired) electrons. The molecule has 0 amide bonds. The molecule has 0 N–H and O–H groups in total. The zero-order valence-electron chi connectivity index (χ0n) is 11.5. The Bertz CT molecular complexity index is 496. The zero-order valence-corrected chi connectivity index (χ0v) is 11.5. The highest BCUT2D eigenvalue weighted by Gasteiger charge is 2.34. The summed E-state index contributed by atoms with van der Waals surface area (Å²) in [5.74, 6) is 0. The van der Waals surface area contributed by atoms with Gasteiger partial charge in [0, 0.05) is 12.0 Å². The molecule has 2 nitrogen and oxygen atoms in total. The van der Waals surface area contributed by atoms with Crippen LogP contribution in [0.15, 0.2) is 30.3 Å². The second-order valence-electron chi connectivity index (χ2n) is 6.02. The Kier molecular flexibility index (Phi) is 3.16. The van der Waals surface area contributed by atoms with Gasteiger partial charge in [0.2, 0.25) is 0 Å². The van der Waals surface area contributed by atoms with Crippen molar-refractivity contribution in [2.75, 3.05) is 0 Å². The Morgan fingerprint density at radius 2 is 1.83 bits per heavy atom. The van der Waals surface area contributed by atoms with E-state index in [1.54, 1.807) is 0 Å². The van der Waals surface area contributed by atoms with Crippen LogP contribution >= 0.6 is 0 Å². The van der Waals surface area contributed by atoms with E-state index < -0.39 is 0 Å². The van der Waals surface area contributed by atoms with Gasteiger partial charge in [-0.1, -0.05) is 24.3 Å². The van der Waals surface area contributed by atoms with Crippen LogP contribution < -0.4 is 0 Å². The number of aldehydes is 1. The van der Waals surface area contributed by atoms with E-state index in [9.17, 15) is 4.79 Å². The summed E-state index contributed by atoms with van der Waals surface area (Å²) in [6, 6.07) is 7.73. The summed E-state index contributed by atoms with van der Waals surface area (Å²) < 4.78 is 6.02. The van der Waals surface area contributed by atoms with Crippen LogP contribution in [-0.2, 0) is 4.74 Å². The fourth-order valence-corrected chi connectivity index (χ4v) is 2.77.